The number of aromatic amines is 1. The van der Waals surface area contributed by atoms with E-state index >= 15 is 0 Å². The highest BCUT2D eigenvalue weighted by atomic mass is 16.1. The predicted molar refractivity (Wildman–Crippen MR) is 107 cm³/mol. The topological polar surface area (TPSA) is 123 Å². The van der Waals surface area contributed by atoms with Crippen molar-refractivity contribution in [1.29, 1.82) is 5.26 Å². The third kappa shape index (κ3) is 4.47. The number of hydrazone groups is 1. The van der Waals surface area contributed by atoms with Gasteiger partial charge in [-0.15, -0.1) is 0 Å². The van der Waals surface area contributed by atoms with Gasteiger partial charge in [-0.25, -0.2) is 10.4 Å². The molecule has 0 saturated heterocycles. The van der Waals surface area contributed by atoms with E-state index in [-0.39, 0.29) is 23.1 Å². The highest BCUT2D eigenvalue weighted by Gasteiger charge is 2.12. The van der Waals surface area contributed by atoms with Crippen LogP contribution < -0.4 is 16.3 Å². The molecule has 1 heterocycles. The molecule has 0 atom stereocenters. The van der Waals surface area contributed by atoms with E-state index in [4.69, 9.17) is 0 Å². The lowest BCUT2D eigenvalue weighted by Crippen LogP contribution is -2.16. The summed E-state index contributed by atoms with van der Waals surface area (Å²) in [4.78, 5) is 30.0. The maximum atomic E-state index is 12.2. The van der Waals surface area contributed by atoms with E-state index in [2.05, 4.69) is 25.8 Å². The minimum absolute atomic E-state index is 0.0608. The number of amides is 1. The van der Waals surface area contributed by atoms with Crippen LogP contribution >= 0.6 is 0 Å². The van der Waals surface area contributed by atoms with Crippen molar-refractivity contribution < 1.29 is 4.79 Å². The summed E-state index contributed by atoms with van der Waals surface area (Å²) < 4.78 is 0. The van der Waals surface area contributed by atoms with Crippen molar-refractivity contribution in [3.05, 3.63) is 76.1 Å². The predicted octanol–water partition coefficient (Wildman–Crippen LogP) is 2.71. The van der Waals surface area contributed by atoms with Crippen molar-refractivity contribution in [3.63, 3.8) is 0 Å². The number of hydrogen-bond donors (Lipinski definition) is 3. The van der Waals surface area contributed by atoms with Crippen LogP contribution in [0.4, 0.5) is 11.6 Å². The van der Waals surface area contributed by atoms with Gasteiger partial charge in [0, 0.05) is 18.2 Å². The van der Waals surface area contributed by atoms with Crippen molar-refractivity contribution in [1.82, 2.24) is 9.97 Å². The summed E-state index contributed by atoms with van der Waals surface area (Å²) in [5.74, 6) is -0.0258. The van der Waals surface area contributed by atoms with Crippen LogP contribution in [0.3, 0.4) is 0 Å². The molecule has 0 bridgehead atoms. The van der Waals surface area contributed by atoms with Gasteiger partial charge < -0.3 is 5.32 Å². The number of carbonyl (C=O) groups excluding carboxylic acids is 1. The van der Waals surface area contributed by atoms with Crippen LogP contribution in [0.25, 0.3) is 11.3 Å². The van der Waals surface area contributed by atoms with Gasteiger partial charge in [0.25, 0.3) is 5.56 Å². The average Bonchev–Trinajstić information content (AvgIpc) is 2.69. The maximum Gasteiger partial charge on any atom is 0.270 e. The molecule has 138 valence electrons. The lowest BCUT2D eigenvalue weighted by molar-refractivity contribution is -0.114. The van der Waals surface area contributed by atoms with Gasteiger partial charge in [0.05, 0.1) is 11.9 Å². The average molecular weight is 372 g/mol. The number of hydrogen-bond acceptors (Lipinski definition) is 6. The molecule has 0 aliphatic carbocycles. The minimum atomic E-state index is -0.547. The van der Waals surface area contributed by atoms with Crippen LogP contribution in [-0.4, -0.2) is 22.1 Å². The molecule has 1 amide bonds. The first-order chi connectivity index (χ1) is 13.6. The summed E-state index contributed by atoms with van der Waals surface area (Å²) in [6, 6.07) is 17.9. The molecule has 3 rings (SSSR count). The van der Waals surface area contributed by atoms with Crippen LogP contribution in [0.1, 0.15) is 18.1 Å². The Kier molecular flexibility index (Phi) is 5.58. The highest BCUT2D eigenvalue weighted by Crippen LogP contribution is 2.19. The zero-order valence-corrected chi connectivity index (χ0v) is 14.9. The summed E-state index contributed by atoms with van der Waals surface area (Å²) in [5.41, 5.74) is 4.46. The second-order valence-electron chi connectivity index (χ2n) is 5.79. The second-order valence-corrected chi connectivity index (χ2v) is 5.79. The summed E-state index contributed by atoms with van der Waals surface area (Å²) in [5, 5.41) is 16.0. The van der Waals surface area contributed by atoms with Crippen molar-refractivity contribution >= 4 is 23.8 Å². The third-order valence-corrected chi connectivity index (χ3v) is 3.69. The smallest absolute Gasteiger partial charge is 0.270 e. The first-order valence-corrected chi connectivity index (χ1v) is 8.33. The van der Waals surface area contributed by atoms with Gasteiger partial charge >= 0.3 is 0 Å². The molecule has 0 aliphatic heterocycles. The summed E-state index contributed by atoms with van der Waals surface area (Å²) in [6.45, 7) is 1.44. The third-order valence-electron chi connectivity index (χ3n) is 3.69. The van der Waals surface area contributed by atoms with Gasteiger partial charge in [0.2, 0.25) is 11.9 Å². The Morgan fingerprint density at radius 1 is 1.18 bits per heavy atom. The Bertz CT molecular complexity index is 1110. The van der Waals surface area contributed by atoms with E-state index in [1.54, 1.807) is 48.5 Å². The first-order valence-electron chi connectivity index (χ1n) is 8.33. The van der Waals surface area contributed by atoms with E-state index in [0.29, 0.717) is 11.3 Å². The van der Waals surface area contributed by atoms with Crippen LogP contribution in [0.15, 0.2) is 64.5 Å². The molecule has 0 fully saturated rings. The van der Waals surface area contributed by atoms with E-state index in [0.717, 1.165) is 5.56 Å². The van der Waals surface area contributed by atoms with Crippen LogP contribution in [0.2, 0.25) is 0 Å². The fourth-order valence-electron chi connectivity index (χ4n) is 2.46. The van der Waals surface area contributed by atoms with E-state index in [1.807, 2.05) is 12.1 Å². The van der Waals surface area contributed by atoms with Crippen molar-refractivity contribution in [2.75, 3.05) is 10.7 Å². The molecule has 0 aliphatic rings. The zero-order chi connectivity index (χ0) is 19.9. The summed E-state index contributed by atoms with van der Waals surface area (Å²) >= 11 is 0. The normalized spacial score (nSPS) is 10.4. The Hall–Kier alpha value is -4.25. The largest absolute Gasteiger partial charge is 0.326 e. The SMILES string of the molecule is CC(=O)Nc1ccc(C=NNc2nc(-c3ccccc3)c(C#N)c(=O)[nH]2)cc1. The molecule has 2 aromatic carbocycles. The van der Waals surface area contributed by atoms with E-state index in [1.165, 1.54) is 13.1 Å². The number of carbonyl (C=O) groups is 1. The number of anilines is 2. The lowest BCUT2D eigenvalue weighted by Gasteiger charge is -2.06. The number of aromatic nitrogens is 2. The van der Waals surface area contributed by atoms with Crippen LogP contribution in [-0.2, 0) is 4.79 Å². The Labute approximate surface area is 160 Å². The number of H-pyrrole nitrogens is 1. The lowest BCUT2D eigenvalue weighted by atomic mass is 10.1. The summed E-state index contributed by atoms with van der Waals surface area (Å²) in [7, 11) is 0. The first kappa shape index (κ1) is 18.5. The molecule has 1 aromatic heterocycles. The molecular weight excluding hydrogens is 356 g/mol. The van der Waals surface area contributed by atoms with E-state index < -0.39 is 5.56 Å². The van der Waals surface area contributed by atoms with Gasteiger partial charge in [0.1, 0.15) is 11.6 Å². The molecule has 8 nitrogen and oxygen atoms in total. The van der Waals surface area contributed by atoms with Gasteiger partial charge in [0.15, 0.2) is 0 Å². The molecule has 3 aromatic rings. The van der Waals surface area contributed by atoms with Crippen molar-refractivity contribution in [3.8, 4) is 17.3 Å². The quantitative estimate of drug-likeness (QED) is 0.469. The highest BCUT2D eigenvalue weighted by molar-refractivity contribution is 5.89. The fourth-order valence-corrected chi connectivity index (χ4v) is 2.46. The standard InChI is InChI=1S/C20H16N6O2/c1-13(27)23-16-9-7-14(8-10-16)12-22-26-20-24-18(15-5-3-2-4-6-15)17(11-21)19(28)25-20/h2-10,12H,1H3,(H,23,27)(H2,24,25,26,28). The van der Waals surface area contributed by atoms with Crippen molar-refractivity contribution in [2.45, 2.75) is 6.92 Å². The maximum absolute atomic E-state index is 12.2. The fraction of sp³-hybridized carbons (Fsp3) is 0.0500. The summed E-state index contributed by atoms with van der Waals surface area (Å²) in [6.07, 6.45) is 1.54. The second kappa shape index (κ2) is 8.42. The van der Waals surface area contributed by atoms with Crippen LogP contribution in [0.5, 0.6) is 0 Å². The number of rotatable bonds is 5. The Balaban J connectivity index is 1.80. The molecule has 0 radical (unpaired) electrons. The van der Waals surface area contributed by atoms with Crippen molar-refractivity contribution in [2.24, 2.45) is 5.10 Å². The number of benzene rings is 2. The molecular formula is C20H16N6O2. The van der Waals surface area contributed by atoms with E-state index in [9.17, 15) is 14.9 Å². The Morgan fingerprint density at radius 2 is 1.89 bits per heavy atom. The Morgan fingerprint density at radius 3 is 2.54 bits per heavy atom. The molecule has 8 heteroatoms. The molecule has 0 unspecified atom stereocenters. The van der Waals surface area contributed by atoms with Gasteiger partial charge in [-0.2, -0.15) is 10.4 Å². The zero-order valence-electron chi connectivity index (χ0n) is 14.9. The molecule has 28 heavy (non-hydrogen) atoms. The minimum Gasteiger partial charge on any atom is -0.326 e. The van der Waals surface area contributed by atoms with Gasteiger partial charge in [-0.1, -0.05) is 42.5 Å². The monoisotopic (exact) mass is 372 g/mol. The molecule has 3 N–H and O–H groups in total. The van der Waals surface area contributed by atoms with Crippen LogP contribution in [0, 0.1) is 11.3 Å². The molecule has 0 spiro atoms. The number of nitriles is 1. The van der Waals surface area contributed by atoms with Gasteiger partial charge in [-0.3, -0.25) is 14.6 Å². The molecule has 0 saturated carbocycles. The number of nitrogens with zero attached hydrogens (tertiary/aromatic N) is 3. The number of nitrogens with one attached hydrogen (secondary N) is 3. The van der Waals surface area contributed by atoms with Gasteiger partial charge in [-0.05, 0) is 17.7 Å².